The topological polar surface area (TPSA) is 38.9 Å². The van der Waals surface area contributed by atoms with Gasteiger partial charge in [0.25, 0.3) is 5.22 Å². The number of nitrogens with zero attached hydrogens (tertiary/aromatic N) is 2. The monoisotopic (exact) mass is 328 g/mol. The molecule has 3 aromatic rings. The van der Waals surface area contributed by atoms with Crippen LogP contribution in [0.3, 0.4) is 0 Å². The summed E-state index contributed by atoms with van der Waals surface area (Å²) in [7, 11) is 0. The molecule has 0 bridgehead atoms. The summed E-state index contributed by atoms with van der Waals surface area (Å²) >= 11 is 1.42. The van der Waals surface area contributed by atoms with Crippen LogP contribution in [0.25, 0.3) is 0 Å². The Morgan fingerprint density at radius 2 is 1.91 bits per heavy atom. The van der Waals surface area contributed by atoms with Crippen LogP contribution in [0.4, 0.5) is 4.39 Å². The Bertz CT molecular complexity index is 760. The maximum Gasteiger partial charge on any atom is 0.276 e. The third kappa shape index (κ3) is 4.42. The van der Waals surface area contributed by atoms with Crippen molar-refractivity contribution in [2.75, 3.05) is 0 Å². The predicted octanol–water partition coefficient (Wildman–Crippen LogP) is 4.85. The molecule has 1 heterocycles. The van der Waals surface area contributed by atoms with Crippen molar-refractivity contribution >= 4 is 11.8 Å². The van der Waals surface area contributed by atoms with Crippen molar-refractivity contribution in [3.8, 4) is 0 Å². The molecular weight excluding hydrogens is 311 g/mol. The van der Waals surface area contributed by atoms with Crippen LogP contribution in [-0.4, -0.2) is 10.2 Å². The van der Waals surface area contributed by atoms with Gasteiger partial charge in [-0.1, -0.05) is 61.2 Å². The van der Waals surface area contributed by atoms with Crippen LogP contribution in [0.2, 0.25) is 0 Å². The molecule has 1 unspecified atom stereocenters. The summed E-state index contributed by atoms with van der Waals surface area (Å²) in [5.41, 5.74) is 2.15. The van der Waals surface area contributed by atoms with Gasteiger partial charge in [-0.05, 0) is 29.2 Å². The van der Waals surface area contributed by atoms with Crippen LogP contribution >= 0.6 is 11.8 Å². The van der Waals surface area contributed by atoms with Crippen LogP contribution in [0, 0.1) is 5.82 Å². The quantitative estimate of drug-likeness (QED) is 0.607. The maximum absolute atomic E-state index is 13.1. The van der Waals surface area contributed by atoms with Gasteiger partial charge < -0.3 is 4.42 Å². The van der Waals surface area contributed by atoms with Crippen LogP contribution < -0.4 is 0 Å². The standard InChI is InChI=1S/C18H17FN2OS/c1-13(15-7-3-2-4-8-15)10-17-20-21-18(22-17)23-12-14-6-5-9-16(19)11-14/h2-9,11,13H,10,12H2,1H3. The molecule has 0 fully saturated rings. The second-order valence-electron chi connectivity index (χ2n) is 5.40. The van der Waals surface area contributed by atoms with E-state index in [-0.39, 0.29) is 5.82 Å². The molecule has 0 saturated heterocycles. The van der Waals surface area contributed by atoms with Gasteiger partial charge in [0.1, 0.15) is 5.82 Å². The SMILES string of the molecule is CC(Cc1nnc(SCc2cccc(F)c2)o1)c1ccccc1. The molecule has 0 aliphatic carbocycles. The number of thioether (sulfide) groups is 1. The fourth-order valence-corrected chi connectivity index (χ4v) is 3.04. The largest absolute Gasteiger partial charge is 0.416 e. The highest BCUT2D eigenvalue weighted by Crippen LogP contribution is 2.24. The highest BCUT2D eigenvalue weighted by atomic mass is 32.2. The van der Waals surface area contributed by atoms with Gasteiger partial charge in [0.05, 0.1) is 0 Å². The Labute approximate surface area is 138 Å². The van der Waals surface area contributed by atoms with Gasteiger partial charge in [-0.15, -0.1) is 10.2 Å². The predicted molar refractivity (Wildman–Crippen MR) is 88.8 cm³/mol. The Kier molecular flexibility index (Phi) is 5.08. The van der Waals surface area contributed by atoms with E-state index in [0.717, 1.165) is 5.56 Å². The van der Waals surface area contributed by atoms with E-state index in [1.165, 1.54) is 29.5 Å². The molecule has 0 N–H and O–H groups in total. The smallest absolute Gasteiger partial charge is 0.276 e. The summed E-state index contributed by atoms with van der Waals surface area (Å²) in [4.78, 5) is 0. The molecule has 0 amide bonds. The summed E-state index contributed by atoms with van der Waals surface area (Å²) in [6.45, 7) is 2.14. The minimum absolute atomic E-state index is 0.231. The van der Waals surface area contributed by atoms with E-state index in [1.807, 2.05) is 24.3 Å². The number of benzene rings is 2. The second-order valence-corrected chi connectivity index (χ2v) is 6.32. The lowest BCUT2D eigenvalue weighted by molar-refractivity contribution is 0.404. The van der Waals surface area contributed by atoms with Gasteiger partial charge in [-0.25, -0.2) is 4.39 Å². The zero-order chi connectivity index (χ0) is 16.1. The van der Waals surface area contributed by atoms with Crippen molar-refractivity contribution in [1.29, 1.82) is 0 Å². The third-order valence-corrected chi connectivity index (χ3v) is 4.44. The van der Waals surface area contributed by atoms with Crippen LogP contribution in [0.15, 0.2) is 64.2 Å². The van der Waals surface area contributed by atoms with Crippen molar-refractivity contribution < 1.29 is 8.81 Å². The number of hydrogen-bond acceptors (Lipinski definition) is 4. The minimum Gasteiger partial charge on any atom is -0.416 e. The van der Waals surface area contributed by atoms with Crippen molar-refractivity contribution in [3.63, 3.8) is 0 Å². The van der Waals surface area contributed by atoms with E-state index in [4.69, 9.17) is 4.42 Å². The van der Waals surface area contributed by atoms with E-state index >= 15 is 0 Å². The lowest BCUT2D eigenvalue weighted by Gasteiger charge is -2.08. The van der Waals surface area contributed by atoms with Crippen LogP contribution in [0.5, 0.6) is 0 Å². The van der Waals surface area contributed by atoms with Gasteiger partial charge in [0, 0.05) is 12.2 Å². The number of rotatable bonds is 6. The first kappa shape index (κ1) is 15.7. The minimum atomic E-state index is -0.231. The van der Waals surface area contributed by atoms with E-state index in [2.05, 4.69) is 29.3 Å². The average molecular weight is 328 g/mol. The fourth-order valence-electron chi connectivity index (χ4n) is 2.31. The van der Waals surface area contributed by atoms with Gasteiger partial charge in [0.2, 0.25) is 5.89 Å². The first-order valence-corrected chi connectivity index (χ1v) is 8.44. The lowest BCUT2D eigenvalue weighted by Crippen LogP contribution is -1.98. The van der Waals surface area contributed by atoms with Crippen molar-refractivity contribution in [3.05, 3.63) is 77.4 Å². The third-order valence-electron chi connectivity index (χ3n) is 3.55. The Balaban J connectivity index is 1.58. The Morgan fingerprint density at radius 1 is 1.09 bits per heavy atom. The molecule has 3 nitrogen and oxygen atoms in total. The first-order chi connectivity index (χ1) is 11.2. The van der Waals surface area contributed by atoms with Crippen LogP contribution in [0.1, 0.15) is 29.9 Å². The molecular formula is C18H17FN2OS. The highest BCUT2D eigenvalue weighted by Gasteiger charge is 2.12. The maximum atomic E-state index is 13.1. The normalized spacial score (nSPS) is 12.3. The summed E-state index contributed by atoms with van der Waals surface area (Å²) in [6, 6.07) is 16.8. The van der Waals surface area contributed by atoms with Crippen molar-refractivity contribution in [2.24, 2.45) is 0 Å². The van der Waals surface area contributed by atoms with Gasteiger partial charge in [-0.3, -0.25) is 0 Å². The lowest BCUT2D eigenvalue weighted by atomic mass is 9.98. The van der Waals surface area contributed by atoms with Crippen molar-refractivity contribution in [2.45, 2.75) is 30.2 Å². The zero-order valence-corrected chi connectivity index (χ0v) is 13.6. The molecule has 0 saturated carbocycles. The molecule has 1 aromatic heterocycles. The Morgan fingerprint density at radius 3 is 2.70 bits per heavy atom. The molecule has 5 heteroatoms. The van der Waals surface area contributed by atoms with Crippen LogP contribution in [-0.2, 0) is 12.2 Å². The van der Waals surface area contributed by atoms with Gasteiger partial charge in [-0.2, -0.15) is 0 Å². The second kappa shape index (κ2) is 7.42. The van der Waals surface area contributed by atoms with Gasteiger partial charge in [0.15, 0.2) is 0 Å². The van der Waals surface area contributed by atoms with E-state index in [0.29, 0.717) is 29.2 Å². The summed E-state index contributed by atoms with van der Waals surface area (Å²) in [5.74, 6) is 1.32. The van der Waals surface area contributed by atoms with E-state index in [1.54, 1.807) is 6.07 Å². The molecule has 0 aliphatic heterocycles. The zero-order valence-electron chi connectivity index (χ0n) is 12.8. The van der Waals surface area contributed by atoms with E-state index < -0.39 is 0 Å². The molecule has 2 aromatic carbocycles. The average Bonchev–Trinajstić information content (AvgIpc) is 3.01. The van der Waals surface area contributed by atoms with E-state index in [9.17, 15) is 4.39 Å². The molecule has 23 heavy (non-hydrogen) atoms. The summed E-state index contributed by atoms with van der Waals surface area (Å²) < 4.78 is 18.8. The number of hydrogen-bond donors (Lipinski definition) is 0. The van der Waals surface area contributed by atoms with Gasteiger partial charge >= 0.3 is 0 Å². The Hall–Kier alpha value is -2.14. The number of aromatic nitrogens is 2. The summed E-state index contributed by atoms with van der Waals surface area (Å²) in [5, 5.41) is 8.67. The molecule has 1 atom stereocenters. The number of halogens is 1. The highest BCUT2D eigenvalue weighted by molar-refractivity contribution is 7.98. The fraction of sp³-hybridized carbons (Fsp3) is 0.222. The molecule has 0 spiro atoms. The molecule has 0 radical (unpaired) electrons. The molecule has 118 valence electrons. The van der Waals surface area contributed by atoms with Crippen molar-refractivity contribution in [1.82, 2.24) is 10.2 Å². The molecule has 3 rings (SSSR count). The molecule has 0 aliphatic rings. The summed E-state index contributed by atoms with van der Waals surface area (Å²) in [6.07, 6.45) is 0.706. The first-order valence-electron chi connectivity index (χ1n) is 7.45.